The molecule has 1 aromatic rings. The van der Waals surface area contributed by atoms with Gasteiger partial charge < -0.3 is 0 Å². The van der Waals surface area contributed by atoms with Gasteiger partial charge in [0.2, 0.25) is 0 Å². The van der Waals surface area contributed by atoms with Crippen molar-refractivity contribution < 1.29 is 0 Å². The van der Waals surface area contributed by atoms with Crippen LogP contribution in [-0.4, -0.2) is 24.0 Å². The van der Waals surface area contributed by atoms with Crippen molar-refractivity contribution in [2.75, 3.05) is 13.1 Å². The Morgan fingerprint density at radius 1 is 1.35 bits per heavy atom. The molecule has 0 spiro atoms. The number of likely N-dealkylation sites (tertiary alicyclic amines) is 1. The van der Waals surface area contributed by atoms with Gasteiger partial charge in [0.1, 0.15) is 0 Å². The molecule has 1 aromatic carbocycles. The van der Waals surface area contributed by atoms with Gasteiger partial charge in [0.15, 0.2) is 5.69 Å². The van der Waals surface area contributed by atoms with E-state index in [-0.39, 0.29) is 5.41 Å². The number of aryl methyl sites for hydroxylation is 1. The highest BCUT2D eigenvalue weighted by Crippen LogP contribution is 2.52. The summed E-state index contributed by atoms with van der Waals surface area (Å²) in [5, 5.41) is 0. The van der Waals surface area contributed by atoms with Gasteiger partial charge in [-0.3, -0.25) is 4.90 Å². The maximum absolute atomic E-state index is 7.57. The largest absolute Gasteiger partial charge is 0.299 e. The van der Waals surface area contributed by atoms with Gasteiger partial charge in [-0.2, -0.15) is 0 Å². The summed E-state index contributed by atoms with van der Waals surface area (Å²) >= 11 is 0. The lowest BCUT2D eigenvalue weighted by Gasteiger charge is -2.55. The Labute approximate surface area is 140 Å². The van der Waals surface area contributed by atoms with E-state index >= 15 is 0 Å². The molecule has 122 valence electrons. The summed E-state index contributed by atoms with van der Waals surface area (Å²) in [7, 11) is 0. The Hall–Kier alpha value is -1.33. The highest BCUT2D eigenvalue weighted by atomic mass is 15.2. The van der Waals surface area contributed by atoms with E-state index < -0.39 is 0 Å². The summed E-state index contributed by atoms with van der Waals surface area (Å²) < 4.78 is 0. The lowest BCUT2D eigenvalue weighted by molar-refractivity contribution is 0.0281. The third kappa shape index (κ3) is 2.17. The molecule has 0 radical (unpaired) electrons. The van der Waals surface area contributed by atoms with Crippen molar-refractivity contribution in [2.24, 2.45) is 11.8 Å². The Bertz CT molecular complexity index is 695. The zero-order valence-electron chi connectivity index (χ0n) is 14.9. The van der Waals surface area contributed by atoms with Gasteiger partial charge in [-0.25, -0.2) is 4.85 Å². The molecule has 1 unspecified atom stereocenters. The summed E-state index contributed by atoms with van der Waals surface area (Å²) in [5.74, 6) is 1.66. The molecule has 0 aromatic heterocycles. The van der Waals surface area contributed by atoms with Crippen LogP contribution < -0.4 is 0 Å². The average molecular weight is 308 g/mol. The van der Waals surface area contributed by atoms with Crippen LogP contribution in [0.4, 0.5) is 5.69 Å². The molecule has 2 heteroatoms. The van der Waals surface area contributed by atoms with Crippen LogP contribution in [0.3, 0.4) is 0 Å². The van der Waals surface area contributed by atoms with Gasteiger partial charge in [-0.15, -0.1) is 0 Å². The summed E-state index contributed by atoms with van der Waals surface area (Å²) in [6, 6.07) is 3.02. The smallest absolute Gasteiger partial charge is 0.193 e. The van der Waals surface area contributed by atoms with Gasteiger partial charge in [-0.05, 0) is 85.6 Å². The zero-order chi connectivity index (χ0) is 16.4. The fraction of sp³-hybridized carbons (Fsp3) is 0.667. The molecule has 23 heavy (non-hydrogen) atoms. The Kier molecular flexibility index (Phi) is 3.36. The molecule has 2 nitrogen and oxygen atoms in total. The van der Waals surface area contributed by atoms with E-state index in [1.54, 1.807) is 0 Å². The predicted molar refractivity (Wildman–Crippen MR) is 95.1 cm³/mol. The zero-order valence-corrected chi connectivity index (χ0v) is 14.9. The summed E-state index contributed by atoms with van der Waals surface area (Å²) in [5.41, 5.74) is 6.62. The first-order valence-corrected chi connectivity index (χ1v) is 9.20. The maximum Gasteiger partial charge on any atom is 0.193 e. The molecule has 0 N–H and O–H groups in total. The third-order valence-corrected chi connectivity index (χ3v) is 7.09. The average Bonchev–Trinajstić information content (AvgIpc) is 3.30. The van der Waals surface area contributed by atoms with Crippen molar-refractivity contribution in [3.8, 4) is 0 Å². The monoisotopic (exact) mass is 308 g/mol. The number of benzene rings is 1. The van der Waals surface area contributed by atoms with E-state index in [9.17, 15) is 0 Å². The van der Waals surface area contributed by atoms with E-state index in [0.717, 1.165) is 11.6 Å². The van der Waals surface area contributed by atoms with Crippen molar-refractivity contribution in [1.82, 2.24) is 4.90 Å². The number of rotatable bonds is 2. The topological polar surface area (TPSA) is 7.60 Å². The molecule has 2 bridgehead atoms. The van der Waals surface area contributed by atoms with Crippen LogP contribution in [0.15, 0.2) is 6.07 Å². The highest BCUT2D eigenvalue weighted by Gasteiger charge is 2.49. The minimum absolute atomic E-state index is 0.246. The number of nitrogens with zero attached hydrogens (tertiary/aromatic N) is 2. The molecular formula is C21H28N2. The van der Waals surface area contributed by atoms with Crippen LogP contribution in [0, 0.1) is 32.3 Å². The summed E-state index contributed by atoms with van der Waals surface area (Å²) in [4.78, 5) is 6.63. The molecule has 1 heterocycles. The van der Waals surface area contributed by atoms with E-state index in [2.05, 4.69) is 43.5 Å². The van der Waals surface area contributed by atoms with Crippen molar-refractivity contribution >= 4 is 5.69 Å². The minimum Gasteiger partial charge on any atom is -0.299 e. The molecule has 4 rings (SSSR count). The van der Waals surface area contributed by atoms with Crippen molar-refractivity contribution in [3.63, 3.8) is 0 Å². The molecule has 1 saturated heterocycles. The summed E-state index contributed by atoms with van der Waals surface area (Å²) in [6.07, 6.45) is 5.31. The van der Waals surface area contributed by atoms with Gasteiger partial charge >= 0.3 is 0 Å². The van der Waals surface area contributed by atoms with Gasteiger partial charge in [0, 0.05) is 12.6 Å². The Morgan fingerprint density at radius 3 is 2.74 bits per heavy atom. The Morgan fingerprint density at radius 2 is 2.09 bits per heavy atom. The SMILES string of the molecule is [C-]#[N+]c1c(C)cc2c(c1C)[C@@]1(C)CCN(CC3CC3)C(C2)[C@@H]1C. The first-order valence-electron chi connectivity index (χ1n) is 9.20. The van der Waals surface area contributed by atoms with Crippen LogP contribution in [-0.2, 0) is 11.8 Å². The normalized spacial score (nSPS) is 33.2. The fourth-order valence-electron chi connectivity index (χ4n) is 5.44. The van der Waals surface area contributed by atoms with Gasteiger partial charge in [-0.1, -0.05) is 19.9 Å². The van der Waals surface area contributed by atoms with Crippen LogP contribution in [0.2, 0.25) is 0 Å². The van der Waals surface area contributed by atoms with Crippen LogP contribution in [0.25, 0.3) is 4.85 Å². The maximum atomic E-state index is 7.57. The molecule has 3 aliphatic rings. The van der Waals surface area contributed by atoms with E-state index in [1.807, 2.05) is 0 Å². The van der Waals surface area contributed by atoms with Crippen molar-refractivity contribution in [1.29, 1.82) is 0 Å². The first-order chi connectivity index (χ1) is 11.0. The molecule has 3 atom stereocenters. The summed E-state index contributed by atoms with van der Waals surface area (Å²) in [6.45, 7) is 19.3. The van der Waals surface area contributed by atoms with Crippen molar-refractivity contribution in [3.05, 3.63) is 39.7 Å². The third-order valence-electron chi connectivity index (χ3n) is 7.09. The fourth-order valence-corrected chi connectivity index (χ4v) is 5.44. The number of hydrogen-bond donors (Lipinski definition) is 0. The van der Waals surface area contributed by atoms with Gasteiger partial charge in [0.25, 0.3) is 0 Å². The predicted octanol–water partition coefficient (Wildman–Crippen LogP) is 4.79. The first kappa shape index (κ1) is 15.2. The molecule has 0 amide bonds. The second kappa shape index (κ2) is 5.08. The van der Waals surface area contributed by atoms with E-state index in [1.165, 1.54) is 61.0 Å². The standard InChI is InChI=1S/C21H28N2/c1-13-10-17-11-18-15(3)21(4,19(17)14(2)20(13)22-5)8-9-23(18)12-16-6-7-16/h10,15-16,18H,6-9,11-12H2,1-4H3/t15-,18?,21-/m0/s1. The van der Waals surface area contributed by atoms with Crippen LogP contribution in [0.5, 0.6) is 0 Å². The molecular weight excluding hydrogens is 280 g/mol. The van der Waals surface area contributed by atoms with Gasteiger partial charge in [0.05, 0.1) is 6.57 Å². The minimum atomic E-state index is 0.246. The van der Waals surface area contributed by atoms with Crippen LogP contribution in [0.1, 0.15) is 55.4 Å². The molecule has 2 fully saturated rings. The van der Waals surface area contributed by atoms with E-state index in [0.29, 0.717) is 12.0 Å². The molecule has 1 saturated carbocycles. The second-order valence-electron chi connectivity index (χ2n) is 8.48. The highest BCUT2D eigenvalue weighted by molar-refractivity contribution is 5.65. The quantitative estimate of drug-likeness (QED) is 0.713. The molecule has 2 aliphatic carbocycles. The number of piperidine rings is 1. The lowest BCUT2D eigenvalue weighted by atomic mass is 9.57. The Balaban J connectivity index is 1.80. The lowest BCUT2D eigenvalue weighted by Crippen LogP contribution is -2.58. The number of hydrogen-bond acceptors (Lipinski definition) is 1. The van der Waals surface area contributed by atoms with E-state index in [4.69, 9.17) is 6.57 Å². The molecule has 1 aliphatic heterocycles. The second-order valence-corrected chi connectivity index (χ2v) is 8.48. The number of fused-ring (bicyclic) bond motifs is 4. The van der Waals surface area contributed by atoms with Crippen molar-refractivity contribution in [2.45, 2.75) is 64.8 Å². The van der Waals surface area contributed by atoms with Crippen LogP contribution >= 0.6 is 0 Å².